The van der Waals surface area contributed by atoms with Crippen LogP contribution in [0.25, 0.3) is 0 Å². The van der Waals surface area contributed by atoms with Crippen molar-refractivity contribution in [2.45, 2.75) is 12.3 Å². The van der Waals surface area contributed by atoms with Crippen LogP contribution in [-0.2, 0) is 4.74 Å². The number of benzene rings is 1. The lowest BCUT2D eigenvalue weighted by Gasteiger charge is -2.05. The maximum Gasteiger partial charge on any atom is 0.338 e. The lowest BCUT2D eigenvalue weighted by Crippen LogP contribution is -2.11. The van der Waals surface area contributed by atoms with Crippen molar-refractivity contribution in [3.63, 3.8) is 0 Å². The number of alkyl halides is 1. The molecule has 0 aliphatic heterocycles. The van der Waals surface area contributed by atoms with Crippen molar-refractivity contribution in [2.24, 2.45) is 0 Å². The fourth-order valence-corrected chi connectivity index (χ4v) is 0.934. The van der Waals surface area contributed by atoms with E-state index in [0.717, 1.165) is 0 Å². The Morgan fingerprint density at radius 1 is 1.50 bits per heavy atom. The highest BCUT2D eigenvalue weighted by Crippen LogP contribution is 2.10. The highest BCUT2D eigenvalue weighted by molar-refractivity contribution is 6.20. The van der Waals surface area contributed by atoms with Crippen LogP contribution in [0, 0.1) is 0 Å². The summed E-state index contributed by atoms with van der Waals surface area (Å²) in [6, 6.07) is 5.86. The first kappa shape index (κ1) is 10.9. The maximum atomic E-state index is 11.3. The van der Waals surface area contributed by atoms with Crippen molar-refractivity contribution in [1.82, 2.24) is 0 Å². The van der Waals surface area contributed by atoms with Gasteiger partial charge in [-0.3, -0.25) is 0 Å². The number of phenols is 1. The minimum absolute atomic E-state index is 0.118. The third kappa shape index (κ3) is 3.26. The summed E-state index contributed by atoms with van der Waals surface area (Å²) in [5, 5.41) is 8.79. The predicted octanol–water partition coefficient (Wildman–Crippen LogP) is 2.18. The molecule has 1 aromatic carbocycles. The highest BCUT2D eigenvalue weighted by atomic mass is 35.5. The molecular formula is C10H11ClO3. The Hall–Kier alpha value is -1.22. The molecular weight excluding hydrogens is 204 g/mol. The Bertz CT molecular complexity index is 306. The zero-order chi connectivity index (χ0) is 10.6. The molecule has 0 aliphatic carbocycles. The van der Waals surface area contributed by atoms with Gasteiger partial charge in [0.2, 0.25) is 0 Å². The fourth-order valence-electron chi connectivity index (χ4n) is 0.871. The zero-order valence-corrected chi connectivity index (χ0v) is 8.49. The number of esters is 1. The molecule has 1 rings (SSSR count). The average molecular weight is 215 g/mol. The Morgan fingerprint density at radius 3 is 2.57 bits per heavy atom. The van der Waals surface area contributed by atoms with E-state index >= 15 is 0 Å². The molecule has 0 unspecified atom stereocenters. The fraction of sp³-hybridized carbons (Fsp3) is 0.300. The van der Waals surface area contributed by atoms with Crippen molar-refractivity contribution in [3.05, 3.63) is 29.8 Å². The molecule has 4 heteroatoms. The second-order valence-corrected chi connectivity index (χ2v) is 3.67. The molecule has 3 nitrogen and oxygen atoms in total. The van der Waals surface area contributed by atoms with Gasteiger partial charge < -0.3 is 9.84 Å². The van der Waals surface area contributed by atoms with Crippen LogP contribution in [0.4, 0.5) is 0 Å². The van der Waals surface area contributed by atoms with E-state index < -0.39 is 5.97 Å². The van der Waals surface area contributed by atoms with Crippen LogP contribution >= 0.6 is 11.6 Å². The van der Waals surface area contributed by atoms with Crippen molar-refractivity contribution in [2.75, 3.05) is 6.61 Å². The SMILES string of the molecule is C[C@@H](Cl)COC(=O)c1ccc(O)cc1. The second-order valence-electron chi connectivity index (χ2n) is 2.93. The van der Waals surface area contributed by atoms with Gasteiger partial charge in [-0.1, -0.05) is 0 Å². The van der Waals surface area contributed by atoms with E-state index in [-0.39, 0.29) is 17.7 Å². The third-order valence-corrected chi connectivity index (χ3v) is 1.67. The van der Waals surface area contributed by atoms with E-state index in [9.17, 15) is 4.79 Å². The second kappa shape index (κ2) is 4.86. The molecule has 0 fully saturated rings. The van der Waals surface area contributed by atoms with E-state index in [4.69, 9.17) is 21.4 Å². The molecule has 0 heterocycles. The van der Waals surface area contributed by atoms with Crippen LogP contribution < -0.4 is 0 Å². The molecule has 0 saturated heterocycles. The number of rotatable bonds is 3. The van der Waals surface area contributed by atoms with Gasteiger partial charge in [0.15, 0.2) is 0 Å². The smallest absolute Gasteiger partial charge is 0.338 e. The Balaban J connectivity index is 2.57. The normalized spacial score (nSPS) is 12.1. The summed E-state index contributed by atoms with van der Waals surface area (Å²) in [7, 11) is 0. The van der Waals surface area contributed by atoms with Gasteiger partial charge in [0.1, 0.15) is 12.4 Å². The number of carbonyl (C=O) groups excluding carboxylic acids is 1. The van der Waals surface area contributed by atoms with Gasteiger partial charge in [-0.25, -0.2) is 4.79 Å². The Labute approximate surface area is 87.3 Å². The number of hydrogen-bond acceptors (Lipinski definition) is 3. The molecule has 0 aliphatic rings. The van der Waals surface area contributed by atoms with Crippen molar-refractivity contribution in [1.29, 1.82) is 0 Å². The summed E-state index contributed by atoms with van der Waals surface area (Å²) >= 11 is 5.62. The van der Waals surface area contributed by atoms with Crippen LogP contribution in [0.1, 0.15) is 17.3 Å². The first-order valence-corrected chi connectivity index (χ1v) is 4.63. The summed E-state index contributed by atoms with van der Waals surface area (Å²) in [5.74, 6) is -0.315. The molecule has 0 saturated carbocycles. The monoisotopic (exact) mass is 214 g/mol. The molecule has 0 spiro atoms. The summed E-state index contributed by atoms with van der Waals surface area (Å²) in [5.41, 5.74) is 0.403. The molecule has 0 aromatic heterocycles. The minimum Gasteiger partial charge on any atom is -0.508 e. The number of phenolic OH excluding ortho intramolecular Hbond substituents is 1. The van der Waals surface area contributed by atoms with E-state index in [1.165, 1.54) is 24.3 Å². The van der Waals surface area contributed by atoms with Gasteiger partial charge >= 0.3 is 5.97 Å². The lowest BCUT2D eigenvalue weighted by molar-refractivity contribution is 0.0508. The van der Waals surface area contributed by atoms with Crippen LogP contribution in [-0.4, -0.2) is 23.1 Å². The van der Waals surface area contributed by atoms with E-state index in [1.54, 1.807) is 6.92 Å². The van der Waals surface area contributed by atoms with Crippen LogP contribution in [0.5, 0.6) is 5.75 Å². The number of ether oxygens (including phenoxy) is 1. The Morgan fingerprint density at radius 2 is 2.07 bits per heavy atom. The van der Waals surface area contributed by atoms with E-state index in [1.807, 2.05) is 0 Å². The van der Waals surface area contributed by atoms with Gasteiger partial charge in [0.25, 0.3) is 0 Å². The molecule has 1 N–H and O–H groups in total. The van der Waals surface area contributed by atoms with Gasteiger partial charge in [-0.2, -0.15) is 0 Å². The molecule has 76 valence electrons. The number of halogens is 1. The summed E-state index contributed by atoms with van der Waals surface area (Å²) < 4.78 is 4.88. The molecule has 0 bridgehead atoms. The minimum atomic E-state index is -0.433. The van der Waals surface area contributed by atoms with E-state index in [2.05, 4.69) is 0 Å². The lowest BCUT2D eigenvalue weighted by atomic mass is 10.2. The van der Waals surface area contributed by atoms with Crippen molar-refractivity contribution in [3.8, 4) is 5.75 Å². The summed E-state index contributed by atoms with van der Waals surface area (Å²) in [4.78, 5) is 11.3. The van der Waals surface area contributed by atoms with Crippen LogP contribution in [0.15, 0.2) is 24.3 Å². The van der Waals surface area contributed by atoms with Gasteiger partial charge in [-0.05, 0) is 31.2 Å². The van der Waals surface area contributed by atoms with Gasteiger partial charge in [0, 0.05) is 0 Å². The van der Waals surface area contributed by atoms with Crippen molar-refractivity contribution >= 4 is 17.6 Å². The molecule has 1 atom stereocenters. The number of carbonyl (C=O) groups is 1. The first-order valence-electron chi connectivity index (χ1n) is 4.20. The van der Waals surface area contributed by atoms with Gasteiger partial charge in [-0.15, -0.1) is 11.6 Å². The molecule has 0 amide bonds. The maximum absolute atomic E-state index is 11.3. The first-order chi connectivity index (χ1) is 6.59. The van der Waals surface area contributed by atoms with Gasteiger partial charge in [0.05, 0.1) is 10.9 Å². The molecule has 14 heavy (non-hydrogen) atoms. The highest BCUT2D eigenvalue weighted by Gasteiger charge is 2.07. The number of aromatic hydroxyl groups is 1. The zero-order valence-electron chi connectivity index (χ0n) is 7.74. The quantitative estimate of drug-likeness (QED) is 0.620. The van der Waals surface area contributed by atoms with Crippen LogP contribution in [0.2, 0.25) is 0 Å². The summed E-state index contributed by atoms with van der Waals surface area (Å²) in [6.07, 6.45) is 0. The molecule has 0 radical (unpaired) electrons. The third-order valence-electron chi connectivity index (χ3n) is 1.55. The summed E-state index contributed by atoms with van der Waals surface area (Å²) in [6.45, 7) is 1.92. The van der Waals surface area contributed by atoms with Crippen molar-refractivity contribution < 1.29 is 14.6 Å². The molecule has 1 aromatic rings. The number of hydrogen-bond donors (Lipinski definition) is 1. The largest absolute Gasteiger partial charge is 0.508 e. The standard InChI is InChI=1S/C10H11ClO3/c1-7(11)6-14-10(13)8-2-4-9(12)5-3-8/h2-5,7,12H,6H2,1H3/t7-/m1/s1. The van der Waals surface area contributed by atoms with Crippen LogP contribution in [0.3, 0.4) is 0 Å². The Kier molecular flexibility index (Phi) is 3.77. The van der Waals surface area contributed by atoms with E-state index in [0.29, 0.717) is 5.56 Å². The topological polar surface area (TPSA) is 46.5 Å². The predicted molar refractivity (Wildman–Crippen MR) is 53.7 cm³/mol. The average Bonchev–Trinajstić information content (AvgIpc) is 2.15.